The van der Waals surface area contributed by atoms with Gasteiger partial charge in [0.25, 0.3) is 5.56 Å². The number of rotatable bonds is 5. The minimum Gasteiger partial charge on any atom is -0.463 e. The first-order chi connectivity index (χ1) is 13.5. The molecule has 1 N–H and O–H groups in total. The van der Waals surface area contributed by atoms with E-state index in [9.17, 15) is 14.0 Å². The fourth-order valence-electron chi connectivity index (χ4n) is 2.64. The Morgan fingerprint density at radius 1 is 1.29 bits per heavy atom. The van der Waals surface area contributed by atoms with Crippen molar-refractivity contribution in [3.63, 3.8) is 0 Å². The lowest BCUT2D eigenvalue weighted by Crippen LogP contribution is -2.08. The molecule has 0 bridgehead atoms. The van der Waals surface area contributed by atoms with Crippen LogP contribution in [0.25, 0.3) is 21.3 Å². The van der Waals surface area contributed by atoms with E-state index in [0.717, 1.165) is 11.1 Å². The summed E-state index contributed by atoms with van der Waals surface area (Å²) in [7, 11) is 1.28. The Hall–Kier alpha value is -2.91. The molecule has 9 heteroatoms. The van der Waals surface area contributed by atoms with Crippen molar-refractivity contribution in [2.45, 2.75) is 10.9 Å². The molecule has 0 saturated heterocycles. The predicted molar refractivity (Wildman–Crippen MR) is 105 cm³/mol. The Labute approximate surface area is 166 Å². The molecule has 0 aliphatic carbocycles. The summed E-state index contributed by atoms with van der Waals surface area (Å²) in [5.41, 5.74) is 1.22. The molecule has 0 amide bonds. The van der Waals surface area contributed by atoms with Gasteiger partial charge in [0.15, 0.2) is 5.16 Å². The molecule has 0 spiro atoms. The second-order valence-corrected chi connectivity index (χ2v) is 7.58. The third kappa shape index (κ3) is 3.58. The molecule has 0 fully saturated rings. The number of aromatic nitrogens is 2. The monoisotopic (exact) mass is 416 g/mol. The van der Waals surface area contributed by atoms with Gasteiger partial charge in [0, 0.05) is 10.9 Å². The molecule has 0 radical (unpaired) electrons. The smallest absolute Gasteiger partial charge is 0.373 e. The van der Waals surface area contributed by atoms with Crippen LogP contribution < -0.4 is 5.56 Å². The van der Waals surface area contributed by atoms with E-state index >= 15 is 0 Å². The highest BCUT2D eigenvalue weighted by molar-refractivity contribution is 7.98. The van der Waals surface area contributed by atoms with Crippen LogP contribution in [-0.2, 0) is 10.5 Å². The summed E-state index contributed by atoms with van der Waals surface area (Å²) < 4.78 is 23.2. The molecule has 0 aliphatic heterocycles. The zero-order valence-corrected chi connectivity index (χ0v) is 16.2. The lowest BCUT2D eigenvalue weighted by molar-refractivity contribution is 0.0563. The van der Waals surface area contributed by atoms with E-state index in [4.69, 9.17) is 4.42 Å². The number of nitrogens with zero attached hydrogens (tertiary/aromatic N) is 1. The minimum atomic E-state index is -0.545. The average molecular weight is 416 g/mol. The Kier molecular flexibility index (Phi) is 5.01. The highest BCUT2D eigenvalue weighted by Crippen LogP contribution is 2.32. The minimum absolute atomic E-state index is 0.122. The number of fused-ring (bicyclic) bond motifs is 1. The van der Waals surface area contributed by atoms with Crippen LogP contribution in [0.1, 0.15) is 16.3 Å². The zero-order chi connectivity index (χ0) is 19.7. The zero-order valence-electron chi connectivity index (χ0n) is 14.5. The standard InChI is InChI=1S/C19H13FN2O4S2/c1-25-18(24)14-7-6-12(26-14)8-28-19-21-16(23)15-13(9-27-17(15)22-19)10-2-4-11(20)5-3-10/h2-7,9H,8H2,1H3,(H,21,22,23). The number of hydrogen-bond acceptors (Lipinski definition) is 7. The SMILES string of the molecule is COC(=O)c1ccc(CSc2nc3scc(-c4ccc(F)cc4)c3c(=O)[nH]2)o1. The molecule has 0 atom stereocenters. The molecule has 3 heterocycles. The van der Waals surface area contributed by atoms with E-state index < -0.39 is 5.97 Å². The van der Waals surface area contributed by atoms with Crippen molar-refractivity contribution in [2.24, 2.45) is 0 Å². The maximum atomic E-state index is 13.2. The summed E-state index contributed by atoms with van der Waals surface area (Å²) in [6, 6.07) is 9.19. The number of aromatic amines is 1. The Morgan fingerprint density at radius 2 is 2.07 bits per heavy atom. The molecule has 28 heavy (non-hydrogen) atoms. The molecule has 4 rings (SSSR count). The van der Waals surface area contributed by atoms with Crippen LogP contribution in [0.3, 0.4) is 0 Å². The molecule has 142 valence electrons. The Bertz CT molecular complexity index is 1210. The Balaban J connectivity index is 1.58. The molecule has 1 aromatic carbocycles. The van der Waals surface area contributed by atoms with E-state index in [1.165, 1.54) is 48.4 Å². The molecule has 6 nitrogen and oxygen atoms in total. The van der Waals surface area contributed by atoms with Crippen LogP contribution in [0.4, 0.5) is 4.39 Å². The first kappa shape index (κ1) is 18.5. The van der Waals surface area contributed by atoms with Crippen molar-refractivity contribution in [1.29, 1.82) is 0 Å². The summed E-state index contributed by atoms with van der Waals surface area (Å²) in [5.74, 6) is 0.198. The maximum Gasteiger partial charge on any atom is 0.373 e. The van der Waals surface area contributed by atoms with Gasteiger partial charge >= 0.3 is 5.97 Å². The highest BCUT2D eigenvalue weighted by atomic mass is 32.2. The van der Waals surface area contributed by atoms with Gasteiger partial charge in [0.05, 0.1) is 18.2 Å². The van der Waals surface area contributed by atoms with Gasteiger partial charge in [-0.25, -0.2) is 14.2 Å². The summed E-state index contributed by atoms with van der Waals surface area (Å²) >= 11 is 2.64. The van der Waals surface area contributed by atoms with E-state index in [1.807, 2.05) is 5.38 Å². The van der Waals surface area contributed by atoms with E-state index in [1.54, 1.807) is 18.2 Å². The van der Waals surface area contributed by atoms with Gasteiger partial charge in [-0.1, -0.05) is 23.9 Å². The van der Waals surface area contributed by atoms with Gasteiger partial charge < -0.3 is 14.1 Å². The normalized spacial score (nSPS) is 11.1. The molecule has 3 aromatic heterocycles. The number of benzene rings is 1. The number of esters is 1. The maximum absolute atomic E-state index is 13.2. The van der Waals surface area contributed by atoms with Crippen LogP contribution in [0, 0.1) is 5.82 Å². The van der Waals surface area contributed by atoms with Crippen molar-refractivity contribution in [2.75, 3.05) is 7.11 Å². The number of thiophene rings is 1. The number of nitrogens with one attached hydrogen (secondary N) is 1. The summed E-state index contributed by atoms with van der Waals surface area (Å²) in [4.78, 5) is 31.9. The van der Waals surface area contributed by atoms with Crippen molar-refractivity contribution < 1.29 is 18.3 Å². The summed E-state index contributed by atoms with van der Waals surface area (Å²) in [5, 5.41) is 2.76. The van der Waals surface area contributed by atoms with Crippen LogP contribution in [-0.4, -0.2) is 23.0 Å². The third-order valence-electron chi connectivity index (χ3n) is 3.98. The van der Waals surface area contributed by atoms with Gasteiger partial charge in [-0.05, 0) is 29.8 Å². The number of ether oxygens (including phenoxy) is 1. The van der Waals surface area contributed by atoms with Crippen LogP contribution >= 0.6 is 23.1 Å². The summed E-state index contributed by atoms with van der Waals surface area (Å²) in [6.07, 6.45) is 0. The largest absolute Gasteiger partial charge is 0.463 e. The van der Waals surface area contributed by atoms with Crippen molar-refractivity contribution in [3.05, 3.63) is 69.5 Å². The highest BCUT2D eigenvalue weighted by Gasteiger charge is 2.15. The lowest BCUT2D eigenvalue weighted by Gasteiger charge is -2.02. The lowest BCUT2D eigenvalue weighted by atomic mass is 10.1. The fraction of sp³-hybridized carbons (Fsp3) is 0.105. The van der Waals surface area contributed by atoms with Gasteiger partial charge in [-0.3, -0.25) is 4.79 Å². The van der Waals surface area contributed by atoms with Gasteiger partial charge in [-0.15, -0.1) is 11.3 Å². The number of thioether (sulfide) groups is 1. The van der Waals surface area contributed by atoms with Crippen LogP contribution in [0.5, 0.6) is 0 Å². The molecule has 0 saturated carbocycles. The van der Waals surface area contributed by atoms with E-state index in [0.29, 0.717) is 26.9 Å². The molecular formula is C19H13FN2O4S2. The molecular weight excluding hydrogens is 403 g/mol. The molecule has 4 aromatic rings. The first-order valence-electron chi connectivity index (χ1n) is 8.12. The second kappa shape index (κ2) is 7.61. The molecule has 0 aliphatic rings. The Morgan fingerprint density at radius 3 is 2.82 bits per heavy atom. The van der Waals surface area contributed by atoms with E-state index in [-0.39, 0.29) is 17.1 Å². The number of hydrogen-bond donors (Lipinski definition) is 1. The average Bonchev–Trinajstić information content (AvgIpc) is 3.34. The molecule has 0 unspecified atom stereocenters. The number of H-pyrrole nitrogens is 1. The van der Waals surface area contributed by atoms with Crippen molar-refractivity contribution >= 4 is 39.3 Å². The number of carbonyl (C=O) groups excluding carboxylic acids is 1. The van der Waals surface area contributed by atoms with Gasteiger partial charge in [-0.2, -0.15) is 0 Å². The third-order valence-corrected chi connectivity index (χ3v) is 5.74. The topological polar surface area (TPSA) is 85.2 Å². The van der Waals surface area contributed by atoms with Gasteiger partial charge in [0.1, 0.15) is 16.4 Å². The first-order valence-corrected chi connectivity index (χ1v) is 9.99. The number of halogens is 1. The predicted octanol–water partition coefficient (Wildman–Crippen LogP) is 4.46. The van der Waals surface area contributed by atoms with Crippen LogP contribution in [0.15, 0.2) is 56.1 Å². The number of furan rings is 1. The van der Waals surface area contributed by atoms with Crippen molar-refractivity contribution in [1.82, 2.24) is 9.97 Å². The summed E-state index contributed by atoms with van der Waals surface area (Å²) in [6.45, 7) is 0. The van der Waals surface area contributed by atoms with E-state index in [2.05, 4.69) is 14.7 Å². The second-order valence-electron chi connectivity index (χ2n) is 5.75. The van der Waals surface area contributed by atoms with Crippen molar-refractivity contribution in [3.8, 4) is 11.1 Å². The quantitative estimate of drug-likeness (QED) is 0.294. The van der Waals surface area contributed by atoms with Gasteiger partial charge in [0.2, 0.25) is 5.76 Å². The van der Waals surface area contributed by atoms with Crippen LogP contribution in [0.2, 0.25) is 0 Å². The number of carbonyl (C=O) groups is 1. The number of methoxy groups -OCH3 is 1. The fourth-order valence-corrected chi connectivity index (χ4v) is 4.41.